The molecule has 184 valence electrons. The number of aryl methyl sites for hydroxylation is 2. The molecule has 35 heavy (non-hydrogen) atoms. The topological polar surface area (TPSA) is 67.4 Å². The SMILES string of the molecule is Cc1cc(-c2cc(C(=O)N(CCN(C)C)Cc3ccc(F)cc3)c3cnn(C(C)C)c3n2)c(C)o1. The molecule has 0 bridgehead atoms. The summed E-state index contributed by atoms with van der Waals surface area (Å²) in [5, 5.41) is 5.25. The zero-order chi connectivity index (χ0) is 25.3. The van der Waals surface area contributed by atoms with Gasteiger partial charge in [-0.05, 0) is 71.6 Å². The Morgan fingerprint density at radius 2 is 1.83 bits per heavy atom. The van der Waals surface area contributed by atoms with Crippen LogP contribution in [0.5, 0.6) is 0 Å². The normalized spacial score (nSPS) is 11.7. The molecule has 0 unspecified atom stereocenters. The third-order valence-electron chi connectivity index (χ3n) is 5.99. The monoisotopic (exact) mass is 477 g/mol. The number of aromatic nitrogens is 3. The van der Waals surface area contributed by atoms with Crippen LogP contribution in [-0.2, 0) is 6.54 Å². The molecule has 0 saturated heterocycles. The average molecular weight is 478 g/mol. The Hall–Kier alpha value is -3.52. The van der Waals surface area contributed by atoms with Crippen molar-refractivity contribution < 1.29 is 13.6 Å². The molecular formula is C27H32FN5O2. The van der Waals surface area contributed by atoms with Gasteiger partial charge in [-0.25, -0.2) is 14.1 Å². The average Bonchev–Trinajstić information content (AvgIpc) is 3.39. The lowest BCUT2D eigenvalue weighted by Gasteiger charge is -2.25. The first-order valence-electron chi connectivity index (χ1n) is 11.8. The second kappa shape index (κ2) is 10.00. The van der Waals surface area contributed by atoms with Crippen molar-refractivity contribution in [3.63, 3.8) is 0 Å². The molecule has 0 radical (unpaired) electrons. The van der Waals surface area contributed by atoms with Crippen molar-refractivity contribution in [3.05, 3.63) is 71.1 Å². The van der Waals surface area contributed by atoms with Gasteiger partial charge in [0, 0.05) is 31.2 Å². The summed E-state index contributed by atoms with van der Waals surface area (Å²) < 4.78 is 21.1. The Kier molecular flexibility index (Phi) is 7.03. The van der Waals surface area contributed by atoms with Crippen LogP contribution in [0.3, 0.4) is 0 Å². The second-order valence-electron chi connectivity index (χ2n) is 9.46. The number of carbonyl (C=O) groups is 1. The summed E-state index contributed by atoms with van der Waals surface area (Å²) in [6.07, 6.45) is 1.72. The summed E-state index contributed by atoms with van der Waals surface area (Å²) in [5.74, 6) is 1.12. The Balaban J connectivity index is 1.83. The molecule has 0 aliphatic rings. The summed E-state index contributed by atoms with van der Waals surface area (Å²) in [6.45, 7) is 9.44. The summed E-state index contributed by atoms with van der Waals surface area (Å²) >= 11 is 0. The molecule has 0 spiro atoms. The number of nitrogens with zero attached hydrogens (tertiary/aromatic N) is 5. The maximum Gasteiger partial charge on any atom is 0.255 e. The lowest BCUT2D eigenvalue weighted by molar-refractivity contribution is 0.0734. The maximum atomic E-state index is 14.0. The minimum absolute atomic E-state index is 0.0782. The van der Waals surface area contributed by atoms with Crippen LogP contribution >= 0.6 is 0 Å². The smallest absolute Gasteiger partial charge is 0.255 e. The van der Waals surface area contributed by atoms with Crippen molar-refractivity contribution in [2.45, 2.75) is 40.3 Å². The molecule has 4 aromatic rings. The van der Waals surface area contributed by atoms with Gasteiger partial charge in [-0.3, -0.25) is 4.79 Å². The van der Waals surface area contributed by atoms with Gasteiger partial charge in [-0.15, -0.1) is 0 Å². The van der Waals surface area contributed by atoms with Gasteiger partial charge in [-0.2, -0.15) is 5.10 Å². The van der Waals surface area contributed by atoms with Crippen LogP contribution < -0.4 is 0 Å². The van der Waals surface area contributed by atoms with E-state index in [1.54, 1.807) is 23.2 Å². The van der Waals surface area contributed by atoms with Crippen molar-refractivity contribution in [1.82, 2.24) is 24.6 Å². The number of pyridine rings is 1. The maximum absolute atomic E-state index is 14.0. The molecule has 0 fully saturated rings. The second-order valence-corrected chi connectivity index (χ2v) is 9.46. The largest absolute Gasteiger partial charge is 0.466 e. The summed E-state index contributed by atoms with van der Waals surface area (Å²) in [5.41, 5.74) is 3.59. The van der Waals surface area contributed by atoms with E-state index < -0.39 is 0 Å². The van der Waals surface area contributed by atoms with Gasteiger partial charge in [0.15, 0.2) is 5.65 Å². The van der Waals surface area contributed by atoms with Gasteiger partial charge in [-0.1, -0.05) is 12.1 Å². The number of likely N-dealkylation sites (N-methyl/N-ethyl adjacent to an activating group) is 1. The van der Waals surface area contributed by atoms with Gasteiger partial charge in [0.05, 0.1) is 22.8 Å². The van der Waals surface area contributed by atoms with E-state index in [0.29, 0.717) is 41.9 Å². The standard InChI is InChI=1S/C27H32FN5O2/c1-17(2)33-26-24(15-29-33)23(14-25(30-26)22-13-18(3)35-19(22)4)27(34)32(12-11-31(5)6)16-20-7-9-21(28)10-8-20/h7-10,13-15,17H,11-12,16H2,1-6H3. The summed E-state index contributed by atoms with van der Waals surface area (Å²) in [4.78, 5) is 22.8. The first-order chi connectivity index (χ1) is 16.6. The van der Waals surface area contributed by atoms with Gasteiger partial charge in [0.25, 0.3) is 5.91 Å². The van der Waals surface area contributed by atoms with Crippen LogP contribution in [0.15, 0.2) is 47.0 Å². The van der Waals surface area contributed by atoms with Gasteiger partial charge < -0.3 is 14.2 Å². The fourth-order valence-electron chi connectivity index (χ4n) is 4.15. The van der Waals surface area contributed by atoms with E-state index in [2.05, 4.69) is 5.10 Å². The third-order valence-corrected chi connectivity index (χ3v) is 5.99. The number of furan rings is 1. The lowest BCUT2D eigenvalue weighted by atomic mass is 10.1. The van der Waals surface area contributed by atoms with E-state index >= 15 is 0 Å². The van der Waals surface area contributed by atoms with Gasteiger partial charge in [0.1, 0.15) is 17.3 Å². The van der Waals surface area contributed by atoms with Crippen molar-refractivity contribution in [1.29, 1.82) is 0 Å². The highest BCUT2D eigenvalue weighted by molar-refractivity contribution is 6.06. The molecule has 8 heteroatoms. The minimum Gasteiger partial charge on any atom is -0.466 e. The Bertz CT molecular complexity index is 1340. The first-order valence-corrected chi connectivity index (χ1v) is 11.8. The van der Waals surface area contributed by atoms with E-state index in [-0.39, 0.29) is 17.8 Å². The number of amides is 1. The first kappa shape index (κ1) is 24.6. The molecule has 1 aromatic carbocycles. The Morgan fingerprint density at radius 3 is 2.43 bits per heavy atom. The number of fused-ring (bicyclic) bond motifs is 1. The molecule has 4 rings (SSSR count). The van der Waals surface area contributed by atoms with Crippen LogP contribution in [0.2, 0.25) is 0 Å². The molecule has 0 aliphatic carbocycles. The Morgan fingerprint density at radius 1 is 1.11 bits per heavy atom. The molecule has 3 aromatic heterocycles. The quantitative estimate of drug-likeness (QED) is 0.348. The Labute approximate surface area is 205 Å². The molecule has 0 aliphatic heterocycles. The number of carbonyl (C=O) groups excluding carboxylic acids is 1. The number of halogens is 1. The van der Waals surface area contributed by atoms with Crippen LogP contribution in [-0.4, -0.2) is 57.7 Å². The highest BCUT2D eigenvalue weighted by atomic mass is 19.1. The summed E-state index contributed by atoms with van der Waals surface area (Å²) in [6, 6.07) is 10.1. The fraction of sp³-hybridized carbons (Fsp3) is 0.370. The number of rotatable bonds is 8. The van der Waals surface area contributed by atoms with Crippen molar-refractivity contribution in [2.24, 2.45) is 0 Å². The van der Waals surface area contributed by atoms with Crippen molar-refractivity contribution in [2.75, 3.05) is 27.2 Å². The van der Waals surface area contributed by atoms with Crippen LogP contribution in [0.1, 0.15) is 47.3 Å². The van der Waals surface area contributed by atoms with E-state index in [9.17, 15) is 9.18 Å². The molecule has 3 heterocycles. The number of hydrogen-bond acceptors (Lipinski definition) is 5. The minimum atomic E-state index is -0.299. The number of benzene rings is 1. The molecule has 0 saturated carbocycles. The van der Waals surface area contributed by atoms with Crippen LogP contribution in [0, 0.1) is 19.7 Å². The van der Waals surface area contributed by atoms with Gasteiger partial charge in [0.2, 0.25) is 0 Å². The van der Waals surface area contributed by atoms with E-state index in [0.717, 1.165) is 22.6 Å². The molecule has 7 nitrogen and oxygen atoms in total. The molecule has 1 amide bonds. The number of hydrogen-bond donors (Lipinski definition) is 0. The molecular weight excluding hydrogens is 445 g/mol. The summed E-state index contributed by atoms with van der Waals surface area (Å²) in [7, 11) is 3.94. The van der Waals surface area contributed by atoms with Crippen LogP contribution in [0.25, 0.3) is 22.3 Å². The fourth-order valence-corrected chi connectivity index (χ4v) is 4.15. The van der Waals surface area contributed by atoms with Gasteiger partial charge >= 0.3 is 0 Å². The predicted molar refractivity (Wildman–Crippen MR) is 135 cm³/mol. The molecule has 0 atom stereocenters. The highest BCUT2D eigenvalue weighted by Gasteiger charge is 2.24. The zero-order valence-electron chi connectivity index (χ0n) is 21.2. The van der Waals surface area contributed by atoms with E-state index in [1.807, 2.05) is 63.5 Å². The molecule has 0 N–H and O–H groups in total. The predicted octanol–water partition coefficient (Wildman–Crippen LogP) is 5.23. The van der Waals surface area contributed by atoms with Crippen molar-refractivity contribution in [3.8, 4) is 11.3 Å². The lowest BCUT2D eigenvalue weighted by Crippen LogP contribution is -2.36. The third kappa shape index (κ3) is 5.27. The van der Waals surface area contributed by atoms with Crippen LogP contribution in [0.4, 0.5) is 4.39 Å². The zero-order valence-corrected chi connectivity index (χ0v) is 21.2. The van der Waals surface area contributed by atoms with E-state index in [4.69, 9.17) is 9.40 Å². The highest BCUT2D eigenvalue weighted by Crippen LogP contribution is 2.31. The van der Waals surface area contributed by atoms with E-state index in [1.165, 1.54) is 12.1 Å². The van der Waals surface area contributed by atoms with Crippen molar-refractivity contribution >= 4 is 16.9 Å².